The molecule has 3 rings (SSSR count). The van der Waals surface area contributed by atoms with Crippen LogP contribution >= 0.6 is 11.8 Å². The summed E-state index contributed by atoms with van der Waals surface area (Å²) >= 11 is 1.98. The van der Waals surface area contributed by atoms with Crippen molar-refractivity contribution >= 4 is 34.9 Å². The maximum atomic E-state index is 12.0. The van der Waals surface area contributed by atoms with Gasteiger partial charge in [-0.25, -0.2) is 4.79 Å². The molecule has 2 aliphatic heterocycles. The summed E-state index contributed by atoms with van der Waals surface area (Å²) in [4.78, 5) is 25.3. The Morgan fingerprint density at radius 1 is 1.30 bits per heavy atom. The Morgan fingerprint density at radius 2 is 2.00 bits per heavy atom. The Kier molecular flexibility index (Phi) is 4.91. The first-order valence-corrected chi connectivity index (χ1v) is 8.89. The number of amides is 1. The normalized spacial score (nSPS) is 20.9. The van der Waals surface area contributed by atoms with Crippen molar-refractivity contribution in [1.29, 1.82) is 0 Å². The van der Waals surface area contributed by atoms with Crippen molar-refractivity contribution in [2.75, 3.05) is 36.0 Å². The molecule has 1 N–H and O–H groups in total. The highest BCUT2D eigenvalue weighted by Crippen LogP contribution is 2.27. The van der Waals surface area contributed by atoms with Gasteiger partial charge in [-0.1, -0.05) is 12.1 Å². The summed E-state index contributed by atoms with van der Waals surface area (Å²) in [6.07, 6.45) is 1.39. The van der Waals surface area contributed by atoms with Crippen LogP contribution in [0.25, 0.3) is 5.57 Å². The molecule has 1 aromatic carbocycles. The summed E-state index contributed by atoms with van der Waals surface area (Å²) in [6, 6.07) is 8.04. The molecule has 6 heteroatoms. The van der Waals surface area contributed by atoms with E-state index < -0.39 is 0 Å². The Hall–Kier alpha value is -1.95. The average molecular weight is 332 g/mol. The van der Waals surface area contributed by atoms with Crippen LogP contribution in [0.15, 0.2) is 30.3 Å². The van der Waals surface area contributed by atoms with E-state index in [4.69, 9.17) is 4.74 Å². The molecular weight excluding hydrogens is 312 g/mol. The van der Waals surface area contributed by atoms with Crippen LogP contribution < -0.4 is 10.2 Å². The van der Waals surface area contributed by atoms with Gasteiger partial charge in [-0.15, -0.1) is 0 Å². The van der Waals surface area contributed by atoms with Gasteiger partial charge < -0.3 is 15.0 Å². The molecule has 2 aliphatic rings. The molecule has 2 heterocycles. The molecule has 1 fully saturated rings. The topological polar surface area (TPSA) is 58.6 Å². The number of carbonyl (C=O) groups is 2. The van der Waals surface area contributed by atoms with E-state index in [9.17, 15) is 9.59 Å². The minimum absolute atomic E-state index is 0.132. The van der Waals surface area contributed by atoms with Gasteiger partial charge in [0.15, 0.2) is 0 Å². The monoisotopic (exact) mass is 332 g/mol. The number of rotatable bonds is 4. The molecular formula is C17H20N2O3S. The van der Waals surface area contributed by atoms with E-state index in [2.05, 4.69) is 22.3 Å². The number of esters is 1. The number of anilines is 1. The molecule has 0 radical (unpaired) electrons. The first kappa shape index (κ1) is 15.9. The fourth-order valence-corrected chi connectivity index (χ4v) is 3.62. The zero-order valence-corrected chi connectivity index (χ0v) is 13.9. The number of cyclic esters (lactones) is 1. The smallest absolute Gasteiger partial charge is 0.339 e. The third-order valence-corrected chi connectivity index (χ3v) is 4.88. The van der Waals surface area contributed by atoms with E-state index in [-0.39, 0.29) is 18.0 Å². The summed E-state index contributed by atoms with van der Waals surface area (Å²) in [5.74, 6) is 1.85. The summed E-state index contributed by atoms with van der Waals surface area (Å²) in [5, 5.41) is 2.66. The number of carbonyl (C=O) groups excluding carboxylic acids is 2. The van der Waals surface area contributed by atoms with Crippen LogP contribution in [-0.4, -0.2) is 49.1 Å². The zero-order valence-electron chi connectivity index (χ0n) is 13.1. The molecule has 5 nitrogen and oxygen atoms in total. The molecule has 1 amide bonds. The molecule has 23 heavy (non-hydrogen) atoms. The van der Waals surface area contributed by atoms with Gasteiger partial charge in [0.2, 0.25) is 5.91 Å². The van der Waals surface area contributed by atoms with Crippen molar-refractivity contribution in [3.8, 4) is 0 Å². The van der Waals surface area contributed by atoms with Crippen molar-refractivity contribution in [2.45, 2.75) is 13.0 Å². The summed E-state index contributed by atoms with van der Waals surface area (Å²) < 4.78 is 5.27. The SMILES string of the molecule is CC(=O)NC[C@H]1C=C(c2ccc(N3CCSCC3)cc2)C(=O)O1. The highest BCUT2D eigenvalue weighted by atomic mass is 32.2. The van der Waals surface area contributed by atoms with Gasteiger partial charge in [0, 0.05) is 37.2 Å². The van der Waals surface area contributed by atoms with Crippen LogP contribution in [0.5, 0.6) is 0 Å². The molecule has 0 bridgehead atoms. The standard InChI is InChI=1S/C17H20N2O3S/c1-12(20)18-11-15-10-16(17(21)22-15)13-2-4-14(5-3-13)19-6-8-23-9-7-19/h2-5,10,15H,6-9,11H2,1H3,(H,18,20)/t15-/m1/s1. The quantitative estimate of drug-likeness (QED) is 0.850. The highest BCUT2D eigenvalue weighted by Gasteiger charge is 2.26. The third kappa shape index (κ3) is 3.88. The van der Waals surface area contributed by atoms with E-state index in [0.29, 0.717) is 12.1 Å². The number of nitrogens with one attached hydrogen (secondary N) is 1. The number of benzene rings is 1. The minimum atomic E-state index is -0.389. The predicted molar refractivity (Wildman–Crippen MR) is 92.5 cm³/mol. The van der Waals surface area contributed by atoms with Gasteiger partial charge in [-0.05, 0) is 23.8 Å². The molecule has 0 aliphatic carbocycles. The Balaban J connectivity index is 1.69. The number of ether oxygens (including phenoxy) is 1. The summed E-state index contributed by atoms with van der Waals surface area (Å²) in [6.45, 7) is 3.88. The van der Waals surface area contributed by atoms with Gasteiger partial charge >= 0.3 is 5.97 Å². The zero-order chi connectivity index (χ0) is 16.2. The van der Waals surface area contributed by atoms with Crippen molar-refractivity contribution in [1.82, 2.24) is 5.32 Å². The van der Waals surface area contributed by atoms with Crippen molar-refractivity contribution in [2.24, 2.45) is 0 Å². The first-order chi connectivity index (χ1) is 11.1. The van der Waals surface area contributed by atoms with E-state index in [1.807, 2.05) is 23.9 Å². The molecule has 1 aromatic rings. The van der Waals surface area contributed by atoms with Crippen LogP contribution in [0.3, 0.4) is 0 Å². The lowest BCUT2D eigenvalue weighted by atomic mass is 10.1. The lowest BCUT2D eigenvalue weighted by Gasteiger charge is -2.28. The molecule has 122 valence electrons. The maximum Gasteiger partial charge on any atom is 0.339 e. The van der Waals surface area contributed by atoms with Gasteiger partial charge in [-0.3, -0.25) is 4.79 Å². The van der Waals surface area contributed by atoms with Crippen LogP contribution in [0.4, 0.5) is 5.69 Å². The van der Waals surface area contributed by atoms with Crippen LogP contribution in [-0.2, 0) is 14.3 Å². The Bertz CT molecular complexity index is 621. The van der Waals surface area contributed by atoms with Crippen LogP contribution in [0.1, 0.15) is 12.5 Å². The second-order valence-electron chi connectivity index (χ2n) is 5.61. The van der Waals surface area contributed by atoms with Crippen LogP contribution in [0.2, 0.25) is 0 Å². The van der Waals surface area contributed by atoms with Gasteiger partial charge in [0.1, 0.15) is 6.10 Å². The van der Waals surface area contributed by atoms with Crippen LogP contribution in [0, 0.1) is 0 Å². The van der Waals surface area contributed by atoms with E-state index in [1.54, 1.807) is 6.08 Å². The van der Waals surface area contributed by atoms with E-state index >= 15 is 0 Å². The lowest BCUT2D eigenvalue weighted by molar-refractivity contribution is -0.138. The number of nitrogens with zero attached hydrogens (tertiary/aromatic N) is 1. The minimum Gasteiger partial charge on any atom is -0.453 e. The second kappa shape index (κ2) is 7.08. The van der Waals surface area contributed by atoms with Crippen molar-refractivity contribution in [3.63, 3.8) is 0 Å². The molecule has 0 saturated carbocycles. The molecule has 0 spiro atoms. The van der Waals surface area contributed by atoms with E-state index in [1.165, 1.54) is 12.6 Å². The van der Waals surface area contributed by atoms with Gasteiger partial charge in [-0.2, -0.15) is 11.8 Å². The fraction of sp³-hybridized carbons (Fsp3) is 0.412. The van der Waals surface area contributed by atoms with Crippen molar-refractivity contribution in [3.05, 3.63) is 35.9 Å². The fourth-order valence-electron chi connectivity index (χ4n) is 2.72. The Morgan fingerprint density at radius 3 is 2.65 bits per heavy atom. The number of thioether (sulfide) groups is 1. The largest absolute Gasteiger partial charge is 0.453 e. The molecule has 0 unspecified atom stereocenters. The first-order valence-electron chi connectivity index (χ1n) is 7.74. The molecule has 0 aromatic heterocycles. The van der Waals surface area contributed by atoms with Gasteiger partial charge in [0.05, 0.1) is 12.1 Å². The summed E-state index contributed by atoms with van der Waals surface area (Å²) in [5.41, 5.74) is 2.62. The maximum absolute atomic E-state index is 12.0. The Labute approximate surface area is 140 Å². The van der Waals surface area contributed by atoms with Gasteiger partial charge in [0.25, 0.3) is 0 Å². The highest BCUT2D eigenvalue weighted by molar-refractivity contribution is 7.99. The van der Waals surface area contributed by atoms with Crippen molar-refractivity contribution < 1.29 is 14.3 Å². The average Bonchev–Trinajstić information content (AvgIpc) is 2.95. The summed E-state index contributed by atoms with van der Waals surface area (Å²) in [7, 11) is 0. The third-order valence-electron chi connectivity index (χ3n) is 3.94. The number of hydrogen-bond donors (Lipinski definition) is 1. The lowest BCUT2D eigenvalue weighted by Crippen LogP contribution is -2.32. The molecule has 1 saturated heterocycles. The number of hydrogen-bond acceptors (Lipinski definition) is 5. The second-order valence-corrected chi connectivity index (χ2v) is 6.83. The van der Waals surface area contributed by atoms with E-state index in [0.717, 1.165) is 30.2 Å². The molecule has 1 atom stereocenters. The predicted octanol–water partition coefficient (Wildman–Crippen LogP) is 1.68.